The molecule has 0 radical (unpaired) electrons. The molecule has 5 heteroatoms. The molecule has 0 bridgehead atoms. The normalized spacial score (nSPS) is 18.7. The number of rotatable bonds is 4. The Bertz CT molecular complexity index is 1020. The molecule has 3 aromatic rings. The van der Waals surface area contributed by atoms with Gasteiger partial charge in [0.15, 0.2) is 0 Å². The fourth-order valence-corrected chi connectivity index (χ4v) is 3.75. The Balaban J connectivity index is 1.45. The van der Waals surface area contributed by atoms with Crippen molar-refractivity contribution in [1.82, 2.24) is 14.9 Å². The van der Waals surface area contributed by atoms with Crippen LogP contribution in [0, 0.1) is 5.92 Å². The van der Waals surface area contributed by atoms with Gasteiger partial charge in [0.25, 0.3) is 5.56 Å². The van der Waals surface area contributed by atoms with Crippen LogP contribution < -0.4 is 10.9 Å². The van der Waals surface area contributed by atoms with E-state index in [2.05, 4.69) is 29.4 Å². The van der Waals surface area contributed by atoms with Gasteiger partial charge in [0.1, 0.15) is 0 Å². The lowest BCUT2D eigenvalue weighted by atomic mass is 10.0. The van der Waals surface area contributed by atoms with Crippen LogP contribution in [0.15, 0.2) is 59.7 Å². The zero-order valence-corrected chi connectivity index (χ0v) is 14.7. The van der Waals surface area contributed by atoms with E-state index in [0.717, 1.165) is 6.42 Å². The van der Waals surface area contributed by atoms with Crippen LogP contribution in [0.2, 0.25) is 0 Å². The Morgan fingerprint density at radius 1 is 1.19 bits per heavy atom. The number of amides is 1. The van der Waals surface area contributed by atoms with Gasteiger partial charge >= 0.3 is 0 Å². The summed E-state index contributed by atoms with van der Waals surface area (Å²) >= 11 is 0. The van der Waals surface area contributed by atoms with Crippen LogP contribution in [0.5, 0.6) is 0 Å². The van der Waals surface area contributed by atoms with Crippen molar-refractivity contribution in [2.24, 2.45) is 5.92 Å². The van der Waals surface area contributed by atoms with E-state index in [0.29, 0.717) is 23.4 Å². The lowest BCUT2D eigenvalue weighted by Crippen LogP contribution is -2.32. The van der Waals surface area contributed by atoms with Gasteiger partial charge in [-0.05, 0) is 35.6 Å². The van der Waals surface area contributed by atoms with E-state index in [9.17, 15) is 9.59 Å². The number of para-hydroxylation sites is 1. The molecule has 0 aliphatic heterocycles. The molecule has 132 valence electrons. The molecule has 26 heavy (non-hydrogen) atoms. The van der Waals surface area contributed by atoms with Crippen molar-refractivity contribution in [1.29, 1.82) is 0 Å². The number of carbonyl (C=O) groups is 1. The number of hydrogen-bond donors (Lipinski definition) is 1. The van der Waals surface area contributed by atoms with Gasteiger partial charge in [0.2, 0.25) is 5.91 Å². The molecule has 1 amide bonds. The van der Waals surface area contributed by atoms with Gasteiger partial charge in [-0.25, -0.2) is 4.98 Å². The van der Waals surface area contributed by atoms with Crippen molar-refractivity contribution in [3.63, 3.8) is 0 Å². The first-order chi connectivity index (χ1) is 12.6. The van der Waals surface area contributed by atoms with Crippen LogP contribution in [0.4, 0.5) is 0 Å². The second-order valence-electron chi connectivity index (χ2n) is 6.94. The van der Waals surface area contributed by atoms with Crippen molar-refractivity contribution in [3.8, 4) is 0 Å². The summed E-state index contributed by atoms with van der Waals surface area (Å²) < 4.78 is 1.51. The Kier molecular flexibility index (Phi) is 4.29. The third kappa shape index (κ3) is 3.01. The summed E-state index contributed by atoms with van der Waals surface area (Å²) in [4.78, 5) is 29.2. The summed E-state index contributed by atoms with van der Waals surface area (Å²) in [6.45, 7) is 2.48. The SMILES string of the molecule is C[C@H]1Cc2ccccc2[C@H]1NC(=O)CCn1cnc2ccccc2c1=O. The van der Waals surface area contributed by atoms with Gasteiger partial charge in [-0.3, -0.25) is 14.2 Å². The maximum atomic E-state index is 12.5. The first-order valence-corrected chi connectivity index (χ1v) is 8.95. The van der Waals surface area contributed by atoms with Crippen LogP contribution in [0.1, 0.15) is 30.5 Å². The Labute approximate surface area is 151 Å². The molecule has 1 aliphatic rings. The molecule has 1 heterocycles. The lowest BCUT2D eigenvalue weighted by molar-refractivity contribution is -0.122. The molecule has 1 N–H and O–H groups in total. The van der Waals surface area contributed by atoms with Crippen LogP contribution in [0.25, 0.3) is 10.9 Å². The summed E-state index contributed by atoms with van der Waals surface area (Å²) in [6, 6.07) is 15.6. The van der Waals surface area contributed by atoms with Crippen molar-refractivity contribution < 1.29 is 4.79 Å². The minimum atomic E-state index is -0.108. The van der Waals surface area contributed by atoms with Gasteiger partial charge in [0, 0.05) is 13.0 Å². The van der Waals surface area contributed by atoms with E-state index in [1.807, 2.05) is 30.3 Å². The molecule has 0 fully saturated rings. The summed E-state index contributed by atoms with van der Waals surface area (Å²) in [6.07, 6.45) is 2.76. The number of nitrogens with zero attached hydrogens (tertiary/aromatic N) is 2. The number of carbonyl (C=O) groups excluding carboxylic acids is 1. The molecule has 2 aromatic carbocycles. The highest BCUT2D eigenvalue weighted by Gasteiger charge is 2.29. The summed E-state index contributed by atoms with van der Waals surface area (Å²) in [7, 11) is 0. The molecule has 1 aromatic heterocycles. The molecule has 0 saturated heterocycles. The van der Waals surface area contributed by atoms with E-state index in [-0.39, 0.29) is 23.9 Å². The van der Waals surface area contributed by atoms with E-state index < -0.39 is 0 Å². The molecule has 1 aliphatic carbocycles. The van der Waals surface area contributed by atoms with Crippen LogP contribution in [-0.2, 0) is 17.8 Å². The first kappa shape index (κ1) is 16.5. The largest absolute Gasteiger partial charge is 0.349 e. The van der Waals surface area contributed by atoms with Crippen molar-refractivity contribution >= 4 is 16.8 Å². The lowest BCUT2D eigenvalue weighted by Gasteiger charge is -2.19. The molecule has 0 saturated carbocycles. The van der Waals surface area contributed by atoms with Gasteiger partial charge in [-0.2, -0.15) is 0 Å². The number of benzene rings is 2. The highest BCUT2D eigenvalue weighted by Crippen LogP contribution is 2.35. The minimum absolute atomic E-state index is 0.0430. The van der Waals surface area contributed by atoms with Crippen LogP contribution >= 0.6 is 0 Å². The van der Waals surface area contributed by atoms with Crippen LogP contribution in [-0.4, -0.2) is 15.5 Å². The van der Waals surface area contributed by atoms with Crippen molar-refractivity contribution in [3.05, 3.63) is 76.3 Å². The molecule has 4 rings (SSSR count). The summed E-state index contributed by atoms with van der Waals surface area (Å²) in [5.74, 6) is 0.333. The molecule has 0 spiro atoms. The predicted molar refractivity (Wildman–Crippen MR) is 101 cm³/mol. The maximum Gasteiger partial charge on any atom is 0.261 e. The molecular formula is C21H21N3O2. The van der Waals surface area contributed by atoms with Crippen molar-refractivity contribution in [2.45, 2.75) is 32.4 Å². The fourth-order valence-electron chi connectivity index (χ4n) is 3.75. The smallest absolute Gasteiger partial charge is 0.261 e. The zero-order chi connectivity index (χ0) is 18.1. The number of fused-ring (bicyclic) bond motifs is 2. The number of nitrogens with one attached hydrogen (secondary N) is 1. The second-order valence-corrected chi connectivity index (χ2v) is 6.94. The van der Waals surface area contributed by atoms with Gasteiger partial charge in [-0.1, -0.05) is 43.3 Å². The topological polar surface area (TPSA) is 64.0 Å². The average molecular weight is 347 g/mol. The molecule has 2 atom stereocenters. The third-order valence-corrected chi connectivity index (χ3v) is 5.13. The third-order valence-electron chi connectivity index (χ3n) is 5.13. The first-order valence-electron chi connectivity index (χ1n) is 8.95. The van der Waals surface area contributed by atoms with Gasteiger partial charge in [0.05, 0.1) is 23.3 Å². The summed E-state index contributed by atoms with van der Waals surface area (Å²) in [5.41, 5.74) is 3.08. The standard InChI is InChI=1S/C21H21N3O2/c1-14-12-15-6-2-3-7-16(15)20(14)23-19(25)10-11-24-13-22-18-9-5-4-8-17(18)21(24)26/h2-9,13-14,20H,10-12H2,1H3,(H,23,25)/t14-,20-/m0/s1. The van der Waals surface area contributed by atoms with E-state index in [1.165, 1.54) is 22.0 Å². The second kappa shape index (κ2) is 6.75. The maximum absolute atomic E-state index is 12.5. The average Bonchev–Trinajstić information content (AvgIpc) is 2.97. The number of aromatic nitrogens is 2. The minimum Gasteiger partial charge on any atom is -0.349 e. The number of aryl methyl sites for hydroxylation is 1. The van der Waals surface area contributed by atoms with Gasteiger partial charge < -0.3 is 5.32 Å². The Hall–Kier alpha value is -2.95. The highest BCUT2D eigenvalue weighted by molar-refractivity contribution is 5.78. The van der Waals surface area contributed by atoms with Crippen molar-refractivity contribution in [2.75, 3.05) is 0 Å². The van der Waals surface area contributed by atoms with E-state index in [1.54, 1.807) is 6.07 Å². The zero-order valence-electron chi connectivity index (χ0n) is 14.7. The van der Waals surface area contributed by atoms with E-state index >= 15 is 0 Å². The monoisotopic (exact) mass is 347 g/mol. The van der Waals surface area contributed by atoms with Gasteiger partial charge in [-0.15, -0.1) is 0 Å². The predicted octanol–water partition coefficient (Wildman–Crippen LogP) is 2.84. The summed E-state index contributed by atoms with van der Waals surface area (Å²) in [5, 5.41) is 3.71. The number of hydrogen-bond acceptors (Lipinski definition) is 3. The molecular weight excluding hydrogens is 326 g/mol. The quantitative estimate of drug-likeness (QED) is 0.789. The Morgan fingerprint density at radius 3 is 2.85 bits per heavy atom. The van der Waals surface area contributed by atoms with E-state index in [4.69, 9.17) is 0 Å². The molecule has 0 unspecified atom stereocenters. The Morgan fingerprint density at radius 2 is 1.96 bits per heavy atom. The van der Waals surface area contributed by atoms with Crippen LogP contribution in [0.3, 0.4) is 0 Å². The fraction of sp³-hybridized carbons (Fsp3) is 0.286. The highest BCUT2D eigenvalue weighted by atomic mass is 16.2. The molecule has 5 nitrogen and oxygen atoms in total.